The third kappa shape index (κ3) is 4.63. The number of aliphatic hydroxyl groups excluding tert-OH is 1. The van der Waals surface area contributed by atoms with Crippen molar-refractivity contribution < 1.29 is 14.9 Å². The van der Waals surface area contributed by atoms with E-state index in [0.29, 0.717) is 24.2 Å². The van der Waals surface area contributed by atoms with Crippen LogP contribution in [0.4, 0.5) is 0 Å². The molecule has 4 nitrogen and oxygen atoms in total. The van der Waals surface area contributed by atoms with E-state index in [1.54, 1.807) is 13.2 Å². The molecule has 0 spiro atoms. The minimum absolute atomic E-state index is 0.0957. The number of para-hydroxylation sites is 1. The van der Waals surface area contributed by atoms with Crippen molar-refractivity contribution >= 4 is 15.9 Å². The second-order valence-electron chi connectivity index (χ2n) is 3.74. The fourth-order valence-electron chi connectivity index (χ4n) is 1.56. The van der Waals surface area contributed by atoms with E-state index in [-0.39, 0.29) is 12.4 Å². The lowest BCUT2D eigenvalue weighted by Crippen LogP contribution is -2.29. The summed E-state index contributed by atoms with van der Waals surface area (Å²) in [6, 6.07) is 5.55. The largest absolute Gasteiger partial charge is 0.506 e. The van der Waals surface area contributed by atoms with Crippen LogP contribution in [0.25, 0.3) is 0 Å². The number of aromatic hydroxyl groups is 1. The fourth-order valence-corrected chi connectivity index (χ4v) is 1.97. The number of hydrogen-bond acceptors (Lipinski definition) is 4. The molecule has 17 heavy (non-hydrogen) atoms. The molecule has 0 bridgehead atoms. The van der Waals surface area contributed by atoms with Gasteiger partial charge < -0.3 is 14.9 Å². The highest BCUT2D eigenvalue weighted by atomic mass is 79.9. The molecule has 0 aliphatic heterocycles. The standard InChI is InChI=1S/C12H18BrNO3/c1-17-8-6-14(5-7-15)9-10-3-2-4-11(13)12(10)16/h2-4,15-16H,5-9H2,1H3. The number of phenolic OH excluding ortho intramolecular Hbond substituents is 1. The molecule has 0 aromatic heterocycles. The van der Waals surface area contributed by atoms with Crippen LogP contribution in [0.2, 0.25) is 0 Å². The SMILES string of the molecule is COCCN(CCO)Cc1cccc(Br)c1O. The number of benzene rings is 1. The van der Waals surface area contributed by atoms with Gasteiger partial charge in [0.1, 0.15) is 5.75 Å². The van der Waals surface area contributed by atoms with Crippen LogP contribution in [0.1, 0.15) is 5.56 Å². The Morgan fingerprint density at radius 1 is 1.35 bits per heavy atom. The number of halogens is 1. The molecule has 0 aliphatic carbocycles. The summed E-state index contributed by atoms with van der Waals surface area (Å²) in [7, 11) is 1.65. The van der Waals surface area contributed by atoms with Crippen LogP contribution in [0.5, 0.6) is 5.75 Å². The van der Waals surface area contributed by atoms with Crippen LogP contribution in [-0.2, 0) is 11.3 Å². The van der Waals surface area contributed by atoms with Gasteiger partial charge in [-0.25, -0.2) is 0 Å². The average molecular weight is 304 g/mol. The molecule has 0 saturated carbocycles. The molecule has 0 saturated heterocycles. The van der Waals surface area contributed by atoms with Crippen LogP contribution in [0.15, 0.2) is 22.7 Å². The zero-order valence-electron chi connectivity index (χ0n) is 9.90. The van der Waals surface area contributed by atoms with E-state index in [0.717, 1.165) is 12.1 Å². The molecule has 0 radical (unpaired) electrons. The van der Waals surface area contributed by atoms with Crippen molar-refractivity contribution in [3.8, 4) is 5.75 Å². The molecule has 0 amide bonds. The third-order valence-electron chi connectivity index (χ3n) is 2.49. The van der Waals surface area contributed by atoms with Crippen LogP contribution in [-0.4, -0.2) is 48.5 Å². The Balaban J connectivity index is 2.67. The third-order valence-corrected chi connectivity index (χ3v) is 3.13. The van der Waals surface area contributed by atoms with Gasteiger partial charge in [0.2, 0.25) is 0 Å². The Morgan fingerprint density at radius 2 is 2.12 bits per heavy atom. The summed E-state index contributed by atoms with van der Waals surface area (Å²) in [6.45, 7) is 2.58. The van der Waals surface area contributed by atoms with Gasteiger partial charge in [0, 0.05) is 32.3 Å². The van der Waals surface area contributed by atoms with Gasteiger partial charge in [-0.05, 0) is 22.0 Å². The van der Waals surface area contributed by atoms with Crippen LogP contribution < -0.4 is 0 Å². The van der Waals surface area contributed by atoms with E-state index in [1.807, 2.05) is 17.0 Å². The Hall–Kier alpha value is -0.620. The van der Waals surface area contributed by atoms with Crippen molar-refractivity contribution in [1.29, 1.82) is 0 Å². The molecule has 0 heterocycles. The first-order chi connectivity index (χ1) is 8.19. The van der Waals surface area contributed by atoms with Gasteiger partial charge in [-0.2, -0.15) is 0 Å². The Kier molecular flexibility index (Phi) is 6.50. The molecule has 0 atom stereocenters. The van der Waals surface area contributed by atoms with Gasteiger partial charge in [-0.1, -0.05) is 12.1 Å². The quantitative estimate of drug-likeness (QED) is 0.803. The summed E-state index contributed by atoms with van der Waals surface area (Å²) in [5.41, 5.74) is 0.837. The molecule has 0 fully saturated rings. The molecular formula is C12H18BrNO3. The number of methoxy groups -OCH3 is 1. The second kappa shape index (κ2) is 7.66. The van der Waals surface area contributed by atoms with E-state index in [4.69, 9.17) is 9.84 Å². The highest BCUT2D eigenvalue weighted by molar-refractivity contribution is 9.10. The highest BCUT2D eigenvalue weighted by Gasteiger charge is 2.10. The predicted molar refractivity (Wildman–Crippen MR) is 70.0 cm³/mol. The number of hydrogen-bond donors (Lipinski definition) is 2. The molecule has 96 valence electrons. The number of ether oxygens (including phenoxy) is 1. The van der Waals surface area contributed by atoms with Crippen LogP contribution in [0.3, 0.4) is 0 Å². The van der Waals surface area contributed by atoms with Gasteiger partial charge in [-0.3, -0.25) is 4.90 Å². The van der Waals surface area contributed by atoms with E-state index in [9.17, 15) is 5.11 Å². The first-order valence-electron chi connectivity index (χ1n) is 5.47. The summed E-state index contributed by atoms with van der Waals surface area (Å²) < 4.78 is 5.70. The topological polar surface area (TPSA) is 52.9 Å². The van der Waals surface area contributed by atoms with E-state index < -0.39 is 0 Å². The normalized spacial score (nSPS) is 11.1. The average Bonchev–Trinajstić information content (AvgIpc) is 2.32. The van der Waals surface area contributed by atoms with Gasteiger partial charge in [0.15, 0.2) is 0 Å². The molecular weight excluding hydrogens is 286 g/mol. The Morgan fingerprint density at radius 3 is 2.76 bits per heavy atom. The van der Waals surface area contributed by atoms with Gasteiger partial charge in [0.05, 0.1) is 17.7 Å². The minimum atomic E-state index is 0.0957. The number of phenols is 1. The molecule has 5 heteroatoms. The molecule has 1 rings (SSSR count). The number of rotatable bonds is 7. The highest BCUT2D eigenvalue weighted by Crippen LogP contribution is 2.28. The number of nitrogens with zero attached hydrogens (tertiary/aromatic N) is 1. The second-order valence-corrected chi connectivity index (χ2v) is 4.59. The van der Waals surface area contributed by atoms with Gasteiger partial charge >= 0.3 is 0 Å². The smallest absolute Gasteiger partial charge is 0.134 e. The summed E-state index contributed by atoms with van der Waals surface area (Å²) in [6.07, 6.45) is 0. The van der Waals surface area contributed by atoms with Crippen molar-refractivity contribution in [3.63, 3.8) is 0 Å². The summed E-state index contributed by atoms with van der Waals surface area (Å²) in [4.78, 5) is 2.03. The Labute approximate surface area is 110 Å². The number of aliphatic hydroxyl groups is 1. The summed E-state index contributed by atoms with van der Waals surface area (Å²) in [5.74, 6) is 0.257. The summed E-state index contributed by atoms with van der Waals surface area (Å²) >= 11 is 3.29. The molecule has 2 N–H and O–H groups in total. The van der Waals surface area contributed by atoms with E-state index >= 15 is 0 Å². The van der Waals surface area contributed by atoms with Crippen molar-refractivity contribution in [2.75, 3.05) is 33.4 Å². The Bertz CT molecular complexity index is 347. The monoisotopic (exact) mass is 303 g/mol. The van der Waals surface area contributed by atoms with Crippen molar-refractivity contribution in [2.45, 2.75) is 6.54 Å². The zero-order chi connectivity index (χ0) is 12.7. The summed E-state index contributed by atoms with van der Waals surface area (Å²) in [5, 5.41) is 18.9. The van der Waals surface area contributed by atoms with E-state index in [1.165, 1.54) is 0 Å². The lowest BCUT2D eigenvalue weighted by molar-refractivity contribution is 0.126. The van der Waals surface area contributed by atoms with Gasteiger partial charge in [0.25, 0.3) is 0 Å². The molecule has 1 aromatic carbocycles. The lowest BCUT2D eigenvalue weighted by Gasteiger charge is -2.21. The van der Waals surface area contributed by atoms with Crippen molar-refractivity contribution in [1.82, 2.24) is 4.90 Å². The maximum atomic E-state index is 9.87. The minimum Gasteiger partial charge on any atom is -0.506 e. The van der Waals surface area contributed by atoms with Crippen molar-refractivity contribution in [3.05, 3.63) is 28.2 Å². The fraction of sp³-hybridized carbons (Fsp3) is 0.500. The van der Waals surface area contributed by atoms with Crippen LogP contribution in [0, 0.1) is 0 Å². The zero-order valence-corrected chi connectivity index (χ0v) is 11.5. The van der Waals surface area contributed by atoms with Crippen molar-refractivity contribution in [2.24, 2.45) is 0 Å². The lowest BCUT2D eigenvalue weighted by atomic mass is 10.2. The predicted octanol–water partition coefficient (Wildman–Crippen LogP) is 1.60. The maximum absolute atomic E-state index is 9.87. The van der Waals surface area contributed by atoms with Crippen LogP contribution >= 0.6 is 15.9 Å². The molecule has 0 aliphatic rings. The van der Waals surface area contributed by atoms with E-state index in [2.05, 4.69) is 15.9 Å². The first kappa shape index (κ1) is 14.4. The maximum Gasteiger partial charge on any atom is 0.134 e. The first-order valence-corrected chi connectivity index (χ1v) is 6.26. The molecule has 1 aromatic rings. The molecule has 0 unspecified atom stereocenters. The van der Waals surface area contributed by atoms with Gasteiger partial charge in [-0.15, -0.1) is 0 Å².